The second-order valence-electron chi connectivity index (χ2n) is 11.6. The lowest BCUT2D eigenvalue weighted by molar-refractivity contribution is -0.153. The van der Waals surface area contributed by atoms with Gasteiger partial charge in [-0.3, -0.25) is 9.69 Å². The zero-order chi connectivity index (χ0) is 30.7. The number of carbonyl (C=O) groups excluding carboxylic acids is 3. The molecule has 0 spiro atoms. The normalized spacial score (nSPS) is 26.9. The first-order chi connectivity index (χ1) is 19.0. The fraction of sp³-hybridized carbons (Fsp3) is 0.567. The Balaban J connectivity index is 2.15. The number of Topliss-reactive ketones (excluding diaryl/α,β-unsaturated/α-hetero) is 1. The third-order valence-electron chi connectivity index (χ3n) is 6.49. The number of methoxy groups -OCH3 is 1. The predicted molar refractivity (Wildman–Crippen MR) is 149 cm³/mol. The summed E-state index contributed by atoms with van der Waals surface area (Å²) in [6, 6.07) is 3.13. The number of ketones is 1. The van der Waals surface area contributed by atoms with E-state index in [1.165, 1.54) is 25.1 Å². The number of amides is 1. The van der Waals surface area contributed by atoms with Crippen LogP contribution in [0.2, 0.25) is 0 Å². The number of carbonyl (C=O) groups is 3. The number of anilines is 1. The Morgan fingerprint density at radius 2 is 1.85 bits per heavy atom. The molecule has 226 valence electrons. The Labute approximate surface area is 240 Å². The number of halogens is 1. The molecule has 3 rings (SSSR count). The number of cyclic esters (lactones) is 1. The first kappa shape index (κ1) is 32.2. The lowest BCUT2D eigenvalue weighted by Gasteiger charge is -2.26. The van der Waals surface area contributed by atoms with Crippen molar-refractivity contribution in [3.05, 3.63) is 41.2 Å². The molecule has 1 aromatic carbocycles. The van der Waals surface area contributed by atoms with Crippen LogP contribution in [0.1, 0.15) is 70.8 Å². The number of hydrogen-bond donors (Lipinski definition) is 0. The summed E-state index contributed by atoms with van der Waals surface area (Å²) in [5.41, 5.74) is 0.0958. The highest BCUT2D eigenvalue weighted by molar-refractivity contribution is 5.99. The highest BCUT2D eigenvalue weighted by atomic mass is 19.1. The molecular formula is C30H40FNO9. The second-order valence-corrected chi connectivity index (χ2v) is 11.6. The molecule has 11 heteroatoms. The van der Waals surface area contributed by atoms with Gasteiger partial charge in [-0.25, -0.2) is 14.0 Å². The molecule has 0 unspecified atom stereocenters. The molecule has 0 aromatic heterocycles. The minimum atomic E-state index is -1.16. The van der Waals surface area contributed by atoms with Crippen LogP contribution >= 0.6 is 0 Å². The summed E-state index contributed by atoms with van der Waals surface area (Å²) in [6.07, 6.45) is 1.22. The van der Waals surface area contributed by atoms with Gasteiger partial charge in [0.1, 0.15) is 23.0 Å². The van der Waals surface area contributed by atoms with Crippen molar-refractivity contribution in [3.8, 4) is 5.75 Å². The largest absolute Gasteiger partial charge is 0.467 e. The Morgan fingerprint density at radius 1 is 1.17 bits per heavy atom. The van der Waals surface area contributed by atoms with Gasteiger partial charge in [0.05, 0.1) is 11.8 Å². The Kier molecular flexibility index (Phi) is 9.99. The topological polar surface area (TPSA) is 110 Å². The summed E-state index contributed by atoms with van der Waals surface area (Å²) >= 11 is 0. The summed E-state index contributed by atoms with van der Waals surface area (Å²) in [4.78, 5) is 40.6. The van der Waals surface area contributed by atoms with Gasteiger partial charge < -0.3 is 28.4 Å². The molecule has 4 atom stereocenters. The van der Waals surface area contributed by atoms with E-state index in [-0.39, 0.29) is 24.5 Å². The third-order valence-corrected chi connectivity index (χ3v) is 6.49. The average molecular weight is 578 g/mol. The van der Waals surface area contributed by atoms with Crippen LogP contribution in [0.25, 0.3) is 6.08 Å². The van der Waals surface area contributed by atoms with Crippen molar-refractivity contribution in [1.29, 1.82) is 0 Å². The molecule has 1 aromatic rings. The van der Waals surface area contributed by atoms with E-state index in [0.717, 1.165) is 6.08 Å². The van der Waals surface area contributed by atoms with Gasteiger partial charge in [-0.2, -0.15) is 0 Å². The van der Waals surface area contributed by atoms with Gasteiger partial charge in [0.15, 0.2) is 24.5 Å². The molecule has 1 saturated heterocycles. The van der Waals surface area contributed by atoms with E-state index in [9.17, 15) is 14.4 Å². The molecule has 2 aliphatic rings. The van der Waals surface area contributed by atoms with Crippen molar-refractivity contribution >= 4 is 29.6 Å². The zero-order valence-corrected chi connectivity index (χ0v) is 25.1. The van der Waals surface area contributed by atoms with Crippen molar-refractivity contribution in [2.24, 2.45) is 5.92 Å². The highest BCUT2D eigenvalue weighted by Crippen LogP contribution is 2.35. The van der Waals surface area contributed by atoms with Gasteiger partial charge >= 0.3 is 12.1 Å². The average Bonchev–Trinajstić information content (AvgIpc) is 3.18. The number of hydrogen-bond acceptors (Lipinski definition) is 9. The minimum absolute atomic E-state index is 0.0803. The SMILES string of the molecule is COCOc1cc(N(C)C(=O)OC(C)(C)C)cc2c1C(=O)O[C@@H](C)[C@H](C)/C=C(/F)C(=O)[C@@H]1OC(C)(C)O[C@@H]1C/C=C/2. The van der Waals surface area contributed by atoms with Crippen LogP contribution in [0.4, 0.5) is 14.9 Å². The first-order valence-electron chi connectivity index (χ1n) is 13.4. The molecule has 0 bridgehead atoms. The zero-order valence-electron chi connectivity index (χ0n) is 25.1. The molecule has 2 heterocycles. The molecule has 0 radical (unpaired) electrons. The van der Waals surface area contributed by atoms with E-state index in [4.69, 9.17) is 28.4 Å². The second kappa shape index (κ2) is 12.7. The number of nitrogens with zero attached hydrogens (tertiary/aromatic N) is 1. The van der Waals surface area contributed by atoms with Gasteiger partial charge in [-0.1, -0.05) is 19.1 Å². The molecule has 2 aliphatic heterocycles. The quantitative estimate of drug-likeness (QED) is 0.334. The molecule has 41 heavy (non-hydrogen) atoms. The highest BCUT2D eigenvalue weighted by Gasteiger charge is 2.45. The molecule has 1 fully saturated rings. The molecule has 0 N–H and O–H groups in total. The Hall–Kier alpha value is -3.28. The minimum Gasteiger partial charge on any atom is -0.467 e. The van der Waals surface area contributed by atoms with Crippen LogP contribution in [0.5, 0.6) is 5.75 Å². The summed E-state index contributed by atoms with van der Waals surface area (Å²) in [7, 11) is 2.97. The van der Waals surface area contributed by atoms with E-state index in [1.54, 1.807) is 66.7 Å². The summed E-state index contributed by atoms with van der Waals surface area (Å²) < 4.78 is 48.7. The van der Waals surface area contributed by atoms with Crippen LogP contribution in [-0.2, 0) is 28.5 Å². The van der Waals surface area contributed by atoms with E-state index in [0.29, 0.717) is 11.3 Å². The molecule has 10 nitrogen and oxygen atoms in total. The Bertz CT molecular complexity index is 1220. The van der Waals surface area contributed by atoms with Crippen molar-refractivity contribution in [1.82, 2.24) is 0 Å². The first-order valence-corrected chi connectivity index (χ1v) is 13.4. The lowest BCUT2D eigenvalue weighted by Crippen LogP contribution is -2.34. The molecule has 0 saturated carbocycles. The van der Waals surface area contributed by atoms with Gasteiger partial charge in [0.25, 0.3) is 0 Å². The van der Waals surface area contributed by atoms with Crippen LogP contribution in [0, 0.1) is 5.92 Å². The van der Waals surface area contributed by atoms with E-state index >= 15 is 4.39 Å². The molecule has 0 aliphatic carbocycles. The number of rotatable bonds is 4. The van der Waals surface area contributed by atoms with E-state index < -0.39 is 59.3 Å². The fourth-order valence-corrected chi connectivity index (χ4v) is 4.32. The number of benzene rings is 1. The van der Waals surface area contributed by atoms with Crippen molar-refractivity contribution in [2.75, 3.05) is 25.9 Å². The maximum Gasteiger partial charge on any atom is 0.414 e. The van der Waals surface area contributed by atoms with E-state index in [2.05, 4.69) is 0 Å². The monoisotopic (exact) mass is 577 g/mol. The maximum absolute atomic E-state index is 15.0. The summed E-state index contributed by atoms with van der Waals surface area (Å²) in [5, 5.41) is 0. The smallest absolute Gasteiger partial charge is 0.414 e. The van der Waals surface area contributed by atoms with Crippen LogP contribution in [0.3, 0.4) is 0 Å². The van der Waals surface area contributed by atoms with Gasteiger partial charge in [-0.15, -0.1) is 0 Å². The maximum atomic E-state index is 15.0. The number of esters is 1. The third kappa shape index (κ3) is 8.15. The van der Waals surface area contributed by atoms with Crippen LogP contribution in [0.15, 0.2) is 30.1 Å². The van der Waals surface area contributed by atoms with E-state index in [1.807, 2.05) is 0 Å². The predicted octanol–water partition coefficient (Wildman–Crippen LogP) is 5.58. The van der Waals surface area contributed by atoms with Crippen molar-refractivity contribution in [3.63, 3.8) is 0 Å². The van der Waals surface area contributed by atoms with Crippen molar-refractivity contribution in [2.45, 2.75) is 84.6 Å². The number of ether oxygens (including phenoxy) is 6. The number of fused-ring (bicyclic) bond motifs is 2. The lowest BCUT2D eigenvalue weighted by atomic mass is 9.98. The molecular weight excluding hydrogens is 537 g/mol. The molecule has 1 amide bonds. The summed E-state index contributed by atoms with van der Waals surface area (Å²) in [6.45, 7) is 11.6. The van der Waals surface area contributed by atoms with Crippen LogP contribution in [-0.4, -0.2) is 68.5 Å². The van der Waals surface area contributed by atoms with Gasteiger partial charge in [0, 0.05) is 26.1 Å². The van der Waals surface area contributed by atoms with Crippen LogP contribution < -0.4 is 9.64 Å². The van der Waals surface area contributed by atoms with Crippen molar-refractivity contribution < 1.29 is 47.2 Å². The summed E-state index contributed by atoms with van der Waals surface area (Å²) in [5.74, 6) is -4.22. The Morgan fingerprint density at radius 3 is 2.49 bits per heavy atom. The van der Waals surface area contributed by atoms with Gasteiger partial charge in [0.2, 0.25) is 5.78 Å². The van der Waals surface area contributed by atoms with Gasteiger partial charge in [-0.05, 0) is 65.7 Å². The fourth-order valence-electron chi connectivity index (χ4n) is 4.32. The standard InChI is InChI=1S/C30H40FNO9/c1-17-13-21(31)25(33)26-22(39-30(6,7)40-26)12-10-11-19-14-20(32(8)28(35)41-29(3,4)5)15-23(37-16-36-9)24(19)27(34)38-18(17)2/h10-11,13-15,17-18,22,26H,12,16H2,1-9H3/b11-10+,21-13+/t17-,18+,22-,26-/m1/s1.